The molecule has 1 fully saturated rings. The van der Waals surface area contributed by atoms with Crippen molar-refractivity contribution < 1.29 is 18.7 Å². The van der Waals surface area contributed by atoms with Crippen LogP contribution in [0, 0.1) is 5.82 Å². The van der Waals surface area contributed by atoms with Crippen molar-refractivity contribution in [2.24, 2.45) is 0 Å². The molecule has 0 radical (unpaired) electrons. The quantitative estimate of drug-likeness (QED) is 0.797. The summed E-state index contributed by atoms with van der Waals surface area (Å²) in [5.74, 6) is 0.701. The number of morpholine rings is 1. The summed E-state index contributed by atoms with van der Waals surface area (Å²) >= 11 is 0. The molecule has 1 heterocycles. The van der Waals surface area contributed by atoms with Gasteiger partial charge in [-0.15, -0.1) is 0 Å². The van der Waals surface area contributed by atoms with Crippen molar-refractivity contribution in [3.63, 3.8) is 0 Å². The molecule has 0 spiro atoms. The number of ether oxygens (including phenoxy) is 2. The van der Waals surface area contributed by atoms with Crippen molar-refractivity contribution in [2.75, 3.05) is 26.8 Å². The summed E-state index contributed by atoms with van der Waals surface area (Å²) in [6.45, 7) is 1.69. The van der Waals surface area contributed by atoms with Gasteiger partial charge in [0.1, 0.15) is 11.6 Å². The highest BCUT2D eigenvalue weighted by molar-refractivity contribution is 5.76. The summed E-state index contributed by atoms with van der Waals surface area (Å²) in [5, 5.41) is 0. The first-order valence-electron chi connectivity index (χ1n) is 8.91. The van der Waals surface area contributed by atoms with Gasteiger partial charge >= 0.3 is 0 Å². The summed E-state index contributed by atoms with van der Waals surface area (Å²) in [6.07, 6.45) is 1.70. The molecule has 2 aromatic carbocycles. The maximum Gasteiger partial charge on any atom is 0.223 e. The number of hydrogen-bond donors (Lipinski definition) is 0. The van der Waals surface area contributed by atoms with E-state index in [1.54, 1.807) is 13.2 Å². The second kappa shape index (κ2) is 8.81. The highest BCUT2D eigenvalue weighted by atomic mass is 19.1. The average molecular weight is 357 g/mol. The Hall–Kier alpha value is -2.40. The third-order valence-corrected chi connectivity index (χ3v) is 4.63. The van der Waals surface area contributed by atoms with Crippen LogP contribution < -0.4 is 4.74 Å². The van der Waals surface area contributed by atoms with Crippen molar-refractivity contribution >= 4 is 5.91 Å². The van der Waals surface area contributed by atoms with Gasteiger partial charge in [-0.1, -0.05) is 24.3 Å². The molecule has 1 amide bonds. The van der Waals surface area contributed by atoms with Gasteiger partial charge < -0.3 is 14.4 Å². The van der Waals surface area contributed by atoms with Crippen LogP contribution in [0.25, 0.3) is 0 Å². The van der Waals surface area contributed by atoms with Gasteiger partial charge in [0.25, 0.3) is 0 Å². The monoisotopic (exact) mass is 357 g/mol. The average Bonchev–Trinajstić information content (AvgIpc) is 2.67. The Morgan fingerprint density at radius 3 is 2.77 bits per heavy atom. The molecular weight excluding hydrogens is 333 g/mol. The first kappa shape index (κ1) is 18.4. The lowest BCUT2D eigenvalue weighted by Crippen LogP contribution is -2.46. The zero-order valence-electron chi connectivity index (χ0n) is 15.0. The highest BCUT2D eigenvalue weighted by Crippen LogP contribution is 2.16. The number of nitrogens with zero attached hydrogens (tertiary/aromatic N) is 1. The number of methoxy groups -OCH3 is 1. The van der Waals surface area contributed by atoms with Gasteiger partial charge in [-0.25, -0.2) is 4.39 Å². The van der Waals surface area contributed by atoms with Crippen LogP contribution in [0.2, 0.25) is 0 Å². The van der Waals surface area contributed by atoms with E-state index in [1.165, 1.54) is 12.1 Å². The van der Waals surface area contributed by atoms with E-state index in [2.05, 4.69) is 0 Å². The Bertz CT molecular complexity index is 732. The molecule has 0 unspecified atom stereocenters. The van der Waals surface area contributed by atoms with Crippen LogP contribution in [-0.4, -0.2) is 43.7 Å². The van der Waals surface area contributed by atoms with E-state index in [4.69, 9.17) is 9.47 Å². The summed E-state index contributed by atoms with van der Waals surface area (Å²) < 4.78 is 24.2. The van der Waals surface area contributed by atoms with E-state index in [0.29, 0.717) is 39.0 Å². The van der Waals surface area contributed by atoms with E-state index in [-0.39, 0.29) is 17.8 Å². The Morgan fingerprint density at radius 1 is 1.23 bits per heavy atom. The lowest BCUT2D eigenvalue weighted by atomic mass is 10.1. The number of hydrogen-bond acceptors (Lipinski definition) is 3. The normalized spacial score (nSPS) is 17.2. The van der Waals surface area contributed by atoms with Gasteiger partial charge in [0.15, 0.2) is 0 Å². The first-order chi connectivity index (χ1) is 12.6. The van der Waals surface area contributed by atoms with Crippen LogP contribution in [0.5, 0.6) is 5.75 Å². The maximum absolute atomic E-state index is 13.3. The van der Waals surface area contributed by atoms with Crippen LogP contribution in [0.3, 0.4) is 0 Å². The van der Waals surface area contributed by atoms with Crippen molar-refractivity contribution in [2.45, 2.75) is 25.4 Å². The summed E-state index contributed by atoms with van der Waals surface area (Å²) in [5.41, 5.74) is 2.01. The number of halogens is 1. The third-order valence-electron chi connectivity index (χ3n) is 4.63. The molecule has 5 heteroatoms. The summed E-state index contributed by atoms with van der Waals surface area (Å²) in [7, 11) is 1.64. The summed E-state index contributed by atoms with van der Waals surface area (Å²) in [6, 6.07) is 14.3. The molecule has 0 aliphatic carbocycles. The zero-order chi connectivity index (χ0) is 18.4. The standard InChI is InChI=1S/C21H24FNO3/c1-25-19-8-5-16(6-9-19)7-10-21(24)23-11-12-26-20(15-23)14-17-3-2-4-18(22)13-17/h2-6,8-9,13,20H,7,10-12,14-15H2,1H3/t20-/m0/s1. The minimum Gasteiger partial charge on any atom is -0.497 e. The van der Waals surface area contributed by atoms with Gasteiger partial charge in [0.05, 0.1) is 19.8 Å². The fraction of sp³-hybridized carbons (Fsp3) is 0.381. The smallest absolute Gasteiger partial charge is 0.223 e. The topological polar surface area (TPSA) is 38.8 Å². The van der Waals surface area contributed by atoms with Crippen LogP contribution >= 0.6 is 0 Å². The number of amides is 1. The van der Waals surface area contributed by atoms with Crippen LogP contribution in [0.1, 0.15) is 17.5 Å². The van der Waals surface area contributed by atoms with E-state index in [9.17, 15) is 9.18 Å². The predicted octanol–water partition coefficient (Wildman–Crippen LogP) is 3.24. The molecule has 0 N–H and O–H groups in total. The Balaban J connectivity index is 1.50. The number of aryl methyl sites for hydroxylation is 1. The van der Waals surface area contributed by atoms with Gasteiger partial charge in [0.2, 0.25) is 5.91 Å². The second-order valence-corrected chi connectivity index (χ2v) is 6.51. The van der Waals surface area contributed by atoms with E-state index in [1.807, 2.05) is 35.2 Å². The molecule has 138 valence electrons. The third kappa shape index (κ3) is 5.05. The molecule has 4 nitrogen and oxygen atoms in total. The van der Waals surface area contributed by atoms with Crippen molar-refractivity contribution in [3.05, 3.63) is 65.5 Å². The highest BCUT2D eigenvalue weighted by Gasteiger charge is 2.24. The lowest BCUT2D eigenvalue weighted by Gasteiger charge is -2.33. The number of carbonyl (C=O) groups excluding carboxylic acids is 1. The van der Waals surface area contributed by atoms with Gasteiger partial charge in [-0.05, 0) is 41.8 Å². The number of rotatable bonds is 6. The molecule has 1 aliphatic rings. The largest absolute Gasteiger partial charge is 0.497 e. The Morgan fingerprint density at radius 2 is 2.04 bits per heavy atom. The van der Waals surface area contributed by atoms with Gasteiger partial charge in [-0.2, -0.15) is 0 Å². The minimum absolute atomic E-state index is 0.0875. The molecule has 0 aromatic heterocycles. The predicted molar refractivity (Wildman–Crippen MR) is 97.7 cm³/mol. The van der Waals surface area contributed by atoms with Crippen molar-refractivity contribution in [3.8, 4) is 5.75 Å². The van der Waals surface area contributed by atoms with Crippen molar-refractivity contribution in [1.82, 2.24) is 4.90 Å². The van der Waals surface area contributed by atoms with Crippen LogP contribution in [-0.2, 0) is 22.4 Å². The SMILES string of the molecule is COc1ccc(CCC(=O)N2CCO[C@@H](Cc3cccc(F)c3)C2)cc1. The van der Waals surface area contributed by atoms with Crippen LogP contribution in [0.4, 0.5) is 4.39 Å². The molecular formula is C21H24FNO3. The van der Waals surface area contributed by atoms with Gasteiger partial charge in [-0.3, -0.25) is 4.79 Å². The van der Waals surface area contributed by atoms with Gasteiger partial charge in [0, 0.05) is 25.9 Å². The second-order valence-electron chi connectivity index (χ2n) is 6.51. The van der Waals surface area contributed by atoms with Crippen LogP contribution in [0.15, 0.2) is 48.5 Å². The molecule has 1 atom stereocenters. The molecule has 3 rings (SSSR count). The Kier molecular flexibility index (Phi) is 6.23. The van der Waals surface area contributed by atoms with E-state index < -0.39 is 0 Å². The van der Waals surface area contributed by atoms with E-state index >= 15 is 0 Å². The lowest BCUT2D eigenvalue weighted by molar-refractivity contribution is -0.138. The zero-order valence-corrected chi connectivity index (χ0v) is 15.0. The molecule has 0 bridgehead atoms. The number of benzene rings is 2. The Labute approximate surface area is 153 Å². The summed E-state index contributed by atoms with van der Waals surface area (Å²) in [4.78, 5) is 14.4. The molecule has 26 heavy (non-hydrogen) atoms. The molecule has 2 aromatic rings. The number of carbonyl (C=O) groups is 1. The fourth-order valence-corrected chi connectivity index (χ4v) is 3.20. The molecule has 0 saturated carbocycles. The first-order valence-corrected chi connectivity index (χ1v) is 8.91. The maximum atomic E-state index is 13.3. The minimum atomic E-state index is -0.245. The van der Waals surface area contributed by atoms with E-state index in [0.717, 1.165) is 16.9 Å². The fourth-order valence-electron chi connectivity index (χ4n) is 3.20. The molecule has 1 aliphatic heterocycles. The molecule has 1 saturated heterocycles. The van der Waals surface area contributed by atoms with Crippen molar-refractivity contribution in [1.29, 1.82) is 0 Å².